The van der Waals surface area contributed by atoms with Gasteiger partial charge in [-0.3, -0.25) is 4.52 Å². The van der Waals surface area contributed by atoms with Crippen LogP contribution in [0.5, 0.6) is 0 Å². The van der Waals surface area contributed by atoms with E-state index in [4.69, 9.17) is 14.2 Å². The lowest BCUT2D eigenvalue weighted by Crippen LogP contribution is -2.62. The fraction of sp³-hybridized carbons (Fsp3) is 0.217. The van der Waals surface area contributed by atoms with Crippen molar-refractivity contribution in [3.63, 3.8) is 0 Å². The molecule has 1 aliphatic rings. The second-order valence-electron chi connectivity index (χ2n) is 7.34. The molecular weight excluding hydrogens is 454 g/mol. The molecule has 0 amide bonds. The zero-order valence-corrected chi connectivity index (χ0v) is 19.0. The predicted molar refractivity (Wildman–Crippen MR) is 124 cm³/mol. The Labute approximate surface area is 199 Å². The molecule has 0 bridgehead atoms. The number of thioether (sulfide) groups is 1. The molecule has 11 heteroatoms. The number of aromatic nitrogens is 5. The molecule has 34 heavy (non-hydrogen) atoms. The van der Waals surface area contributed by atoms with Gasteiger partial charge in [0.1, 0.15) is 11.4 Å². The summed E-state index contributed by atoms with van der Waals surface area (Å²) in [5.41, 5.74) is 3.23. The first-order valence-corrected chi connectivity index (χ1v) is 11.7. The Morgan fingerprint density at radius 2 is 1.65 bits per heavy atom. The maximum Gasteiger partial charge on any atom is 0.324 e. The number of ether oxygens (including phenoxy) is 1. The molecule has 0 aliphatic carbocycles. The summed E-state index contributed by atoms with van der Waals surface area (Å²) in [7, 11) is 0. The zero-order chi connectivity index (χ0) is 23.2. The van der Waals surface area contributed by atoms with Crippen LogP contribution in [0.2, 0.25) is 0 Å². The highest BCUT2D eigenvalue weighted by atomic mass is 32.2. The summed E-state index contributed by atoms with van der Waals surface area (Å²) in [6, 6.07) is 19.6. The normalized spacial score (nSPS) is 14.4. The summed E-state index contributed by atoms with van der Waals surface area (Å²) in [5.74, 6) is -0.202. The molecule has 0 unspecified atom stereocenters. The molecule has 0 saturated carbocycles. The van der Waals surface area contributed by atoms with Crippen LogP contribution in [0.15, 0.2) is 81.5 Å². The van der Waals surface area contributed by atoms with Crippen LogP contribution >= 0.6 is 11.8 Å². The van der Waals surface area contributed by atoms with Crippen LogP contribution in [0.1, 0.15) is 0 Å². The van der Waals surface area contributed by atoms with E-state index < -0.39 is 0 Å². The highest BCUT2D eigenvalue weighted by molar-refractivity contribution is 7.99. The SMILES string of the molecule is [O-]/C(CSc1nnc(-c2ccccc2)c(-c2ccccc2)n1)=N/c1c[n+](N2CCOCC2)no1. The lowest BCUT2D eigenvalue weighted by Gasteiger charge is -2.18. The highest BCUT2D eigenvalue weighted by Crippen LogP contribution is 2.29. The van der Waals surface area contributed by atoms with Gasteiger partial charge >= 0.3 is 5.88 Å². The molecule has 1 saturated heterocycles. The van der Waals surface area contributed by atoms with E-state index >= 15 is 0 Å². The number of nitrogens with zero attached hydrogens (tertiary/aromatic N) is 7. The van der Waals surface area contributed by atoms with Gasteiger partial charge in [0, 0.05) is 16.9 Å². The van der Waals surface area contributed by atoms with E-state index in [0.29, 0.717) is 42.8 Å². The fourth-order valence-electron chi connectivity index (χ4n) is 3.41. The van der Waals surface area contributed by atoms with Gasteiger partial charge in [0.15, 0.2) is 0 Å². The number of hydrogen-bond donors (Lipinski definition) is 0. The first-order valence-electron chi connectivity index (χ1n) is 10.7. The van der Waals surface area contributed by atoms with Crippen molar-refractivity contribution in [2.45, 2.75) is 5.16 Å². The van der Waals surface area contributed by atoms with Crippen LogP contribution in [-0.4, -0.2) is 58.4 Å². The Bertz CT molecular complexity index is 1260. The van der Waals surface area contributed by atoms with Gasteiger partial charge in [0.25, 0.3) is 6.20 Å². The maximum absolute atomic E-state index is 12.4. The average molecular weight is 476 g/mol. The Hall–Kier alpha value is -3.83. The van der Waals surface area contributed by atoms with Crippen LogP contribution in [0.3, 0.4) is 0 Å². The minimum absolute atomic E-state index is 0.0405. The van der Waals surface area contributed by atoms with E-state index in [1.54, 1.807) is 11.0 Å². The molecular formula is C23H21N7O3S. The van der Waals surface area contributed by atoms with Crippen molar-refractivity contribution in [3.8, 4) is 22.5 Å². The fourth-order valence-corrected chi connectivity index (χ4v) is 3.98. The third kappa shape index (κ3) is 5.21. The van der Waals surface area contributed by atoms with Gasteiger partial charge in [0.2, 0.25) is 10.4 Å². The second-order valence-corrected chi connectivity index (χ2v) is 8.29. The molecule has 3 heterocycles. The quantitative estimate of drug-likeness (QED) is 0.170. The molecule has 0 atom stereocenters. The van der Waals surface area contributed by atoms with Crippen LogP contribution in [0.25, 0.3) is 22.5 Å². The second kappa shape index (κ2) is 10.4. The summed E-state index contributed by atoms with van der Waals surface area (Å²) < 4.78 is 10.5. The van der Waals surface area contributed by atoms with Gasteiger partial charge in [-0.05, 0) is 5.90 Å². The number of rotatable bonds is 7. The topological polar surface area (TPSA) is 116 Å². The number of hydrogen-bond acceptors (Lipinski definition) is 10. The minimum atomic E-state index is -0.382. The van der Waals surface area contributed by atoms with Crippen molar-refractivity contribution < 1.29 is 19.2 Å². The van der Waals surface area contributed by atoms with Gasteiger partial charge < -0.3 is 9.84 Å². The third-order valence-corrected chi connectivity index (χ3v) is 5.86. The Morgan fingerprint density at radius 1 is 0.971 bits per heavy atom. The van der Waals surface area contributed by atoms with Gasteiger partial charge in [0.05, 0.1) is 31.1 Å². The van der Waals surface area contributed by atoms with Crippen LogP contribution in [0, 0.1) is 0 Å². The highest BCUT2D eigenvalue weighted by Gasteiger charge is 2.22. The lowest BCUT2D eigenvalue weighted by molar-refractivity contribution is -0.759. The van der Waals surface area contributed by atoms with Crippen LogP contribution in [-0.2, 0) is 4.74 Å². The smallest absolute Gasteiger partial charge is 0.324 e. The van der Waals surface area contributed by atoms with Crippen molar-refractivity contribution in [3.05, 3.63) is 66.9 Å². The molecule has 0 radical (unpaired) electrons. The largest absolute Gasteiger partial charge is 0.861 e. The number of aliphatic imine (C=N–C) groups is 1. The maximum atomic E-state index is 12.4. The summed E-state index contributed by atoms with van der Waals surface area (Å²) in [5, 5.41) is 27.3. The Morgan fingerprint density at radius 3 is 2.35 bits per heavy atom. The predicted octanol–water partition coefficient (Wildman–Crippen LogP) is 1.63. The minimum Gasteiger partial charge on any atom is -0.861 e. The van der Waals surface area contributed by atoms with Crippen LogP contribution in [0.4, 0.5) is 5.88 Å². The number of morpholine rings is 1. The van der Waals surface area contributed by atoms with Crippen molar-refractivity contribution in [1.29, 1.82) is 0 Å². The average Bonchev–Trinajstić information content (AvgIpc) is 3.37. The van der Waals surface area contributed by atoms with E-state index in [0.717, 1.165) is 11.1 Å². The molecule has 2 aromatic heterocycles. The van der Waals surface area contributed by atoms with Crippen molar-refractivity contribution in [2.24, 2.45) is 4.99 Å². The first kappa shape index (κ1) is 22.0. The Balaban J connectivity index is 1.32. The summed E-state index contributed by atoms with van der Waals surface area (Å²) in [6.07, 6.45) is 1.58. The van der Waals surface area contributed by atoms with E-state index in [-0.39, 0.29) is 17.5 Å². The van der Waals surface area contributed by atoms with Gasteiger partial charge in [-0.1, -0.05) is 72.4 Å². The lowest BCUT2D eigenvalue weighted by atomic mass is 10.0. The molecule has 1 aliphatic heterocycles. The first-order chi connectivity index (χ1) is 16.8. The molecule has 0 spiro atoms. The molecule has 0 N–H and O–H groups in total. The van der Waals surface area contributed by atoms with Crippen molar-refractivity contribution >= 4 is 23.5 Å². The van der Waals surface area contributed by atoms with Crippen LogP contribution < -0.4 is 14.9 Å². The molecule has 1 fully saturated rings. The van der Waals surface area contributed by atoms with E-state index in [1.807, 2.05) is 65.7 Å². The van der Waals surface area contributed by atoms with Gasteiger partial charge in [-0.25, -0.2) is 9.98 Å². The summed E-state index contributed by atoms with van der Waals surface area (Å²) >= 11 is 1.17. The third-order valence-electron chi connectivity index (χ3n) is 5.04. The van der Waals surface area contributed by atoms with Crippen molar-refractivity contribution in [2.75, 3.05) is 37.1 Å². The standard InChI is InChI=1S/C23H21N7O3S/c31-19(24-20-15-30(28-33-20)29-11-13-32-14-12-29)16-34-23-25-21(17-7-3-1-4-8-17)22(26-27-23)18-9-5-2-6-10-18/h1-10,15H,11-14,16H2. The van der Waals surface area contributed by atoms with Gasteiger partial charge in [-0.15, -0.1) is 15.2 Å². The summed E-state index contributed by atoms with van der Waals surface area (Å²) in [6.45, 7) is 2.61. The van der Waals surface area contributed by atoms with E-state index in [2.05, 4.69) is 20.5 Å². The molecule has 172 valence electrons. The monoisotopic (exact) mass is 475 g/mol. The molecule has 2 aromatic carbocycles. The van der Waals surface area contributed by atoms with Crippen molar-refractivity contribution in [1.82, 2.24) is 20.5 Å². The Kier molecular flexibility index (Phi) is 6.73. The van der Waals surface area contributed by atoms with Gasteiger partial charge in [-0.2, -0.15) is 0 Å². The molecule has 5 rings (SSSR count). The summed E-state index contributed by atoms with van der Waals surface area (Å²) in [4.78, 5) is 10.2. The zero-order valence-electron chi connectivity index (χ0n) is 18.1. The van der Waals surface area contributed by atoms with E-state index in [1.165, 1.54) is 11.8 Å². The molecule has 4 aromatic rings. The number of benzene rings is 2. The molecule has 10 nitrogen and oxygen atoms in total. The van der Waals surface area contributed by atoms with E-state index in [9.17, 15) is 5.11 Å².